The van der Waals surface area contributed by atoms with Gasteiger partial charge in [0.05, 0.1) is 5.56 Å². The lowest BCUT2D eigenvalue weighted by molar-refractivity contribution is 0.0983. The van der Waals surface area contributed by atoms with Gasteiger partial charge in [-0.1, -0.05) is 12.1 Å². The van der Waals surface area contributed by atoms with Crippen LogP contribution in [0.2, 0.25) is 0 Å². The predicted octanol–water partition coefficient (Wildman–Crippen LogP) is 3.20. The number of aromatic nitrogens is 1. The highest BCUT2D eigenvalue weighted by molar-refractivity contribution is 6.06. The number of anilines is 1. The van der Waals surface area contributed by atoms with Gasteiger partial charge in [-0.3, -0.25) is 4.79 Å². The monoisotopic (exact) mass is 258 g/mol. The van der Waals surface area contributed by atoms with Crippen molar-refractivity contribution in [1.29, 1.82) is 0 Å². The molecular weight excluding hydrogens is 243 g/mol. The number of benzene rings is 1. The molecule has 0 aliphatic heterocycles. The van der Waals surface area contributed by atoms with Crippen LogP contribution in [0, 0.1) is 12.9 Å². The molecule has 0 unspecified atom stereocenters. The average molecular weight is 258 g/mol. The van der Waals surface area contributed by atoms with Crippen LogP contribution in [0.1, 0.15) is 22.8 Å². The Morgan fingerprint density at radius 2 is 2.11 bits per heavy atom. The number of rotatable bonds is 3. The van der Waals surface area contributed by atoms with Crippen LogP contribution >= 0.6 is 0 Å². The SMILES string of the molecule is CCN(C(=O)c1cccnc1F)c1cccc(C)c1. The maximum atomic E-state index is 13.6. The lowest BCUT2D eigenvalue weighted by Gasteiger charge is -2.21. The summed E-state index contributed by atoms with van der Waals surface area (Å²) >= 11 is 0. The van der Waals surface area contributed by atoms with Gasteiger partial charge in [0.15, 0.2) is 0 Å². The van der Waals surface area contributed by atoms with Gasteiger partial charge in [-0.05, 0) is 43.7 Å². The zero-order chi connectivity index (χ0) is 13.8. The molecule has 1 heterocycles. The Labute approximate surface area is 111 Å². The fourth-order valence-electron chi connectivity index (χ4n) is 1.93. The highest BCUT2D eigenvalue weighted by atomic mass is 19.1. The Hall–Kier alpha value is -2.23. The lowest BCUT2D eigenvalue weighted by atomic mass is 10.1. The van der Waals surface area contributed by atoms with Crippen molar-refractivity contribution in [1.82, 2.24) is 4.98 Å². The number of hydrogen-bond donors (Lipinski definition) is 0. The van der Waals surface area contributed by atoms with E-state index < -0.39 is 5.95 Å². The molecule has 98 valence electrons. The molecule has 2 aromatic rings. The Balaban J connectivity index is 2.38. The van der Waals surface area contributed by atoms with Gasteiger partial charge in [-0.25, -0.2) is 4.98 Å². The molecule has 1 aromatic heterocycles. The Morgan fingerprint density at radius 3 is 2.74 bits per heavy atom. The van der Waals surface area contributed by atoms with E-state index in [4.69, 9.17) is 0 Å². The molecule has 3 nitrogen and oxygen atoms in total. The van der Waals surface area contributed by atoms with Gasteiger partial charge in [0.2, 0.25) is 5.95 Å². The zero-order valence-corrected chi connectivity index (χ0v) is 10.9. The van der Waals surface area contributed by atoms with Crippen LogP contribution in [0.15, 0.2) is 42.6 Å². The number of aryl methyl sites for hydroxylation is 1. The van der Waals surface area contributed by atoms with Crippen molar-refractivity contribution < 1.29 is 9.18 Å². The maximum Gasteiger partial charge on any atom is 0.262 e. The van der Waals surface area contributed by atoms with Crippen molar-refractivity contribution in [3.8, 4) is 0 Å². The Bertz CT molecular complexity index is 598. The first kappa shape index (κ1) is 13.2. The number of amides is 1. The number of carbonyl (C=O) groups excluding carboxylic acids is 1. The Kier molecular flexibility index (Phi) is 3.90. The van der Waals surface area contributed by atoms with Crippen LogP contribution < -0.4 is 4.90 Å². The number of hydrogen-bond acceptors (Lipinski definition) is 2. The van der Waals surface area contributed by atoms with Gasteiger partial charge in [-0.15, -0.1) is 0 Å². The molecule has 0 saturated heterocycles. The van der Waals surface area contributed by atoms with Gasteiger partial charge >= 0.3 is 0 Å². The van der Waals surface area contributed by atoms with Crippen LogP contribution in [-0.2, 0) is 0 Å². The van der Waals surface area contributed by atoms with Gasteiger partial charge in [0.1, 0.15) is 0 Å². The molecule has 0 saturated carbocycles. The van der Waals surface area contributed by atoms with E-state index in [0.717, 1.165) is 11.3 Å². The summed E-state index contributed by atoms with van der Waals surface area (Å²) in [4.78, 5) is 17.4. The second-order valence-electron chi connectivity index (χ2n) is 4.23. The van der Waals surface area contributed by atoms with Crippen molar-refractivity contribution in [3.05, 3.63) is 59.7 Å². The second-order valence-corrected chi connectivity index (χ2v) is 4.23. The minimum atomic E-state index is -0.737. The van der Waals surface area contributed by atoms with E-state index in [2.05, 4.69) is 4.98 Å². The summed E-state index contributed by atoms with van der Waals surface area (Å²) in [7, 11) is 0. The molecule has 0 fully saturated rings. The van der Waals surface area contributed by atoms with Crippen LogP contribution in [0.4, 0.5) is 10.1 Å². The normalized spacial score (nSPS) is 10.3. The summed E-state index contributed by atoms with van der Waals surface area (Å²) in [5.74, 6) is -1.11. The second kappa shape index (κ2) is 5.61. The highest BCUT2D eigenvalue weighted by Crippen LogP contribution is 2.19. The smallest absolute Gasteiger partial charge is 0.262 e. The van der Waals surface area contributed by atoms with Crippen LogP contribution in [-0.4, -0.2) is 17.4 Å². The number of nitrogens with zero attached hydrogens (tertiary/aromatic N) is 2. The summed E-state index contributed by atoms with van der Waals surface area (Å²) in [5.41, 5.74) is 1.80. The summed E-state index contributed by atoms with van der Waals surface area (Å²) in [6.07, 6.45) is 1.33. The van der Waals surface area contributed by atoms with Crippen molar-refractivity contribution in [2.24, 2.45) is 0 Å². The molecule has 2 rings (SSSR count). The topological polar surface area (TPSA) is 33.2 Å². The minimum Gasteiger partial charge on any atom is -0.308 e. The van der Waals surface area contributed by atoms with E-state index in [0.29, 0.717) is 6.54 Å². The molecule has 0 aliphatic rings. The summed E-state index contributed by atoms with van der Waals surface area (Å²) in [6, 6.07) is 10.6. The Morgan fingerprint density at radius 1 is 1.32 bits per heavy atom. The summed E-state index contributed by atoms with van der Waals surface area (Å²) in [5, 5.41) is 0. The van der Waals surface area contributed by atoms with E-state index in [-0.39, 0.29) is 11.5 Å². The first-order valence-electron chi connectivity index (χ1n) is 6.12. The third-order valence-electron chi connectivity index (χ3n) is 2.86. The van der Waals surface area contributed by atoms with Crippen molar-refractivity contribution >= 4 is 11.6 Å². The van der Waals surface area contributed by atoms with Crippen molar-refractivity contribution in [3.63, 3.8) is 0 Å². The van der Waals surface area contributed by atoms with Gasteiger partial charge in [-0.2, -0.15) is 4.39 Å². The summed E-state index contributed by atoms with van der Waals surface area (Å²) < 4.78 is 13.6. The van der Waals surface area contributed by atoms with E-state index in [1.54, 1.807) is 6.07 Å². The molecule has 1 amide bonds. The molecule has 4 heteroatoms. The van der Waals surface area contributed by atoms with E-state index in [1.807, 2.05) is 38.1 Å². The highest BCUT2D eigenvalue weighted by Gasteiger charge is 2.19. The zero-order valence-electron chi connectivity index (χ0n) is 10.9. The van der Waals surface area contributed by atoms with E-state index in [1.165, 1.54) is 17.2 Å². The molecular formula is C15H15FN2O. The van der Waals surface area contributed by atoms with Gasteiger partial charge in [0.25, 0.3) is 5.91 Å². The number of halogens is 1. The molecule has 0 N–H and O–H groups in total. The molecule has 0 aliphatic carbocycles. The maximum absolute atomic E-state index is 13.6. The third kappa shape index (κ3) is 2.78. The van der Waals surface area contributed by atoms with Crippen LogP contribution in [0.3, 0.4) is 0 Å². The van der Waals surface area contributed by atoms with E-state index in [9.17, 15) is 9.18 Å². The van der Waals surface area contributed by atoms with Gasteiger partial charge < -0.3 is 4.90 Å². The molecule has 0 radical (unpaired) electrons. The first-order chi connectivity index (χ1) is 9.13. The molecule has 0 atom stereocenters. The third-order valence-corrected chi connectivity index (χ3v) is 2.86. The number of pyridine rings is 1. The standard InChI is InChI=1S/C15H15FN2O/c1-3-18(12-7-4-6-11(2)10-12)15(19)13-8-5-9-17-14(13)16/h4-10H,3H2,1-2H3. The minimum absolute atomic E-state index is 0.00847. The largest absolute Gasteiger partial charge is 0.308 e. The number of carbonyl (C=O) groups is 1. The fourth-order valence-corrected chi connectivity index (χ4v) is 1.93. The first-order valence-corrected chi connectivity index (χ1v) is 6.12. The van der Waals surface area contributed by atoms with Crippen LogP contribution in [0.25, 0.3) is 0 Å². The fraction of sp³-hybridized carbons (Fsp3) is 0.200. The summed E-state index contributed by atoms with van der Waals surface area (Å²) in [6.45, 7) is 4.28. The predicted molar refractivity (Wildman–Crippen MR) is 72.7 cm³/mol. The molecule has 1 aromatic carbocycles. The lowest BCUT2D eigenvalue weighted by Crippen LogP contribution is -2.31. The van der Waals surface area contributed by atoms with E-state index >= 15 is 0 Å². The van der Waals surface area contributed by atoms with Gasteiger partial charge in [0, 0.05) is 18.4 Å². The van der Waals surface area contributed by atoms with Crippen LogP contribution in [0.5, 0.6) is 0 Å². The molecule has 0 spiro atoms. The van der Waals surface area contributed by atoms with Crippen molar-refractivity contribution in [2.45, 2.75) is 13.8 Å². The average Bonchev–Trinajstić information content (AvgIpc) is 2.40. The molecule has 0 bridgehead atoms. The molecule has 19 heavy (non-hydrogen) atoms. The quantitative estimate of drug-likeness (QED) is 0.792. The van der Waals surface area contributed by atoms with Crippen molar-refractivity contribution in [2.75, 3.05) is 11.4 Å².